The summed E-state index contributed by atoms with van der Waals surface area (Å²) < 4.78 is 15.2. The maximum atomic E-state index is 10.5. The Morgan fingerprint density at radius 1 is 0.844 bits per heavy atom. The van der Waals surface area contributed by atoms with Crippen LogP contribution in [0, 0.1) is 0 Å². The van der Waals surface area contributed by atoms with Crippen LogP contribution in [0.4, 0.5) is 0 Å². The second-order valence-electron chi connectivity index (χ2n) is 8.14. The van der Waals surface area contributed by atoms with Crippen LogP contribution in [0.15, 0.2) is 60.8 Å². The van der Waals surface area contributed by atoms with Gasteiger partial charge in [-0.15, -0.1) is 9.42 Å². The number of unbranched alkanes of at least 4 members (excludes halogenated alkanes) is 4. The lowest BCUT2D eigenvalue weighted by atomic mass is 9.98. The van der Waals surface area contributed by atoms with E-state index in [-0.39, 0.29) is 6.61 Å². The predicted molar refractivity (Wildman–Crippen MR) is 131 cm³/mol. The minimum absolute atomic E-state index is 0.281. The van der Waals surface area contributed by atoms with Crippen LogP contribution in [-0.4, -0.2) is 23.0 Å². The highest BCUT2D eigenvalue weighted by molar-refractivity contribution is 7.32. The van der Waals surface area contributed by atoms with Crippen molar-refractivity contribution in [3.05, 3.63) is 77.5 Å². The lowest BCUT2D eigenvalue weighted by Crippen LogP contribution is -2.16. The second-order valence-corrected chi connectivity index (χ2v) is 8.87. The third kappa shape index (κ3) is 8.40. The summed E-state index contributed by atoms with van der Waals surface area (Å²) in [4.78, 5) is 13.3. The summed E-state index contributed by atoms with van der Waals surface area (Å²) in [6.07, 6.45) is 11.1. The van der Waals surface area contributed by atoms with Gasteiger partial charge in [-0.05, 0) is 61.4 Å². The Bertz CT molecular complexity index is 966. The highest BCUT2D eigenvalue weighted by atomic mass is 31.1. The molecule has 6 heteroatoms. The highest BCUT2D eigenvalue weighted by Crippen LogP contribution is 2.23. The van der Waals surface area contributed by atoms with E-state index in [9.17, 15) is 4.57 Å². The molecule has 1 atom stereocenters. The Labute approximate surface area is 192 Å². The molecule has 0 aliphatic carbocycles. The number of nitrogens with one attached hydrogen (secondary N) is 1. The predicted octanol–water partition coefficient (Wildman–Crippen LogP) is 6.12. The quantitative estimate of drug-likeness (QED) is 0.214. The molecule has 2 aromatic carbocycles. The molecule has 5 nitrogen and oxygen atoms in total. The fourth-order valence-electron chi connectivity index (χ4n) is 4.03. The van der Waals surface area contributed by atoms with Crippen LogP contribution in [0.25, 0.3) is 10.9 Å². The average molecular weight is 454 g/mol. The Hall–Kier alpha value is -2.17. The molecule has 32 heavy (non-hydrogen) atoms. The molecule has 0 aliphatic rings. The summed E-state index contributed by atoms with van der Waals surface area (Å²) in [6, 6.07) is 19.4. The standard InChI is InChI=1S/C26H33N2O3P/c29-32(30)31-20-10-18-27-21-24-17-16-23(25-15-9-19-28-26(24)25)14-8-3-1-2-5-11-22-12-6-4-7-13-22/h4,6-7,9,12-13,15-17,19,27H,1-3,5,8,10-11,14,18,20-21H2/p+1. The number of nitrogens with zero attached hydrogens (tertiary/aromatic N) is 1. The van der Waals surface area contributed by atoms with Crippen LogP contribution in [0.1, 0.15) is 55.2 Å². The largest absolute Gasteiger partial charge is 0.694 e. The lowest BCUT2D eigenvalue weighted by molar-refractivity contribution is 0.276. The third-order valence-corrected chi connectivity index (χ3v) is 6.12. The number of hydrogen-bond acceptors (Lipinski definition) is 4. The van der Waals surface area contributed by atoms with Gasteiger partial charge in [-0.25, -0.2) is 0 Å². The van der Waals surface area contributed by atoms with E-state index in [1.807, 2.05) is 12.3 Å². The first kappa shape index (κ1) is 24.5. The van der Waals surface area contributed by atoms with Gasteiger partial charge in [0.05, 0.1) is 5.52 Å². The van der Waals surface area contributed by atoms with E-state index < -0.39 is 8.25 Å². The van der Waals surface area contributed by atoms with E-state index in [0.29, 0.717) is 6.42 Å². The average Bonchev–Trinajstić information content (AvgIpc) is 2.82. The number of rotatable bonds is 15. The number of benzene rings is 2. The van der Waals surface area contributed by atoms with Crippen LogP contribution < -0.4 is 5.32 Å². The maximum Gasteiger partial charge on any atom is 0.694 e. The van der Waals surface area contributed by atoms with Crippen molar-refractivity contribution in [2.24, 2.45) is 0 Å². The molecule has 0 spiro atoms. The molecule has 3 rings (SSSR count). The van der Waals surface area contributed by atoms with Gasteiger partial charge in [-0.2, -0.15) is 0 Å². The summed E-state index contributed by atoms with van der Waals surface area (Å²) in [5, 5.41) is 4.62. The van der Waals surface area contributed by atoms with Gasteiger partial charge in [0.15, 0.2) is 0 Å². The van der Waals surface area contributed by atoms with E-state index in [1.54, 1.807) is 0 Å². The Balaban J connectivity index is 1.40. The summed E-state index contributed by atoms with van der Waals surface area (Å²) in [5.74, 6) is 0. The third-order valence-electron chi connectivity index (χ3n) is 5.71. The number of fused-ring (bicyclic) bond motifs is 1. The molecule has 0 radical (unpaired) electrons. The topological polar surface area (TPSA) is 71.5 Å². The number of pyridine rings is 1. The molecule has 2 N–H and O–H groups in total. The van der Waals surface area contributed by atoms with Gasteiger partial charge < -0.3 is 5.32 Å². The lowest BCUT2D eigenvalue weighted by Gasteiger charge is -2.11. The van der Waals surface area contributed by atoms with Crippen molar-refractivity contribution < 1.29 is 14.0 Å². The molecule has 0 saturated heterocycles. The number of aromatic nitrogens is 1. The van der Waals surface area contributed by atoms with E-state index in [0.717, 1.165) is 25.0 Å². The molecule has 1 heterocycles. The number of hydrogen-bond donors (Lipinski definition) is 2. The second kappa shape index (κ2) is 14.1. The van der Waals surface area contributed by atoms with Gasteiger partial charge in [0.25, 0.3) is 0 Å². The fourth-order valence-corrected chi connectivity index (χ4v) is 4.32. The Kier molecular flexibility index (Phi) is 10.8. The number of aryl methyl sites for hydroxylation is 2. The molecule has 0 fully saturated rings. The Morgan fingerprint density at radius 3 is 2.41 bits per heavy atom. The molecule has 170 valence electrons. The molecule has 0 bridgehead atoms. The summed E-state index contributed by atoms with van der Waals surface area (Å²) in [5.41, 5.74) is 5.06. The fraction of sp³-hybridized carbons (Fsp3) is 0.423. The molecule has 0 saturated carbocycles. The van der Waals surface area contributed by atoms with Crippen molar-refractivity contribution in [2.45, 2.75) is 57.9 Å². The van der Waals surface area contributed by atoms with Crippen LogP contribution in [0.3, 0.4) is 0 Å². The van der Waals surface area contributed by atoms with Crippen LogP contribution >= 0.6 is 8.25 Å². The smallest absolute Gasteiger partial charge is 0.313 e. The molecule has 1 aromatic heterocycles. The summed E-state index contributed by atoms with van der Waals surface area (Å²) in [6.45, 7) is 1.73. The molecule has 0 aliphatic heterocycles. The van der Waals surface area contributed by atoms with Gasteiger partial charge in [0.2, 0.25) is 0 Å². The van der Waals surface area contributed by atoms with Crippen LogP contribution in [0.5, 0.6) is 0 Å². The van der Waals surface area contributed by atoms with Crippen molar-refractivity contribution in [1.82, 2.24) is 10.3 Å². The molecular weight excluding hydrogens is 419 g/mol. The maximum absolute atomic E-state index is 10.5. The van der Waals surface area contributed by atoms with Gasteiger partial charge in [0.1, 0.15) is 6.61 Å². The minimum Gasteiger partial charge on any atom is -0.313 e. The van der Waals surface area contributed by atoms with E-state index in [2.05, 4.69) is 63.4 Å². The SMILES string of the molecule is O=[P+](O)OCCCNCc1ccc(CCCCCCCc2ccccc2)c2cccnc12. The van der Waals surface area contributed by atoms with Gasteiger partial charge in [-0.1, -0.05) is 67.8 Å². The highest BCUT2D eigenvalue weighted by Gasteiger charge is 2.10. The van der Waals surface area contributed by atoms with E-state index in [1.165, 1.54) is 60.6 Å². The summed E-state index contributed by atoms with van der Waals surface area (Å²) in [7, 11) is -2.50. The molecule has 1 unspecified atom stereocenters. The zero-order chi connectivity index (χ0) is 22.4. The molecule has 0 amide bonds. The van der Waals surface area contributed by atoms with Crippen molar-refractivity contribution in [1.29, 1.82) is 0 Å². The minimum atomic E-state index is -2.50. The zero-order valence-corrected chi connectivity index (χ0v) is 19.6. The van der Waals surface area contributed by atoms with Crippen LogP contribution in [-0.2, 0) is 28.5 Å². The van der Waals surface area contributed by atoms with Crippen molar-refractivity contribution in [3.63, 3.8) is 0 Å². The normalized spacial score (nSPS) is 11.7. The summed E-state index contributed by atoms with van der Waals surface area (Å²) >= 11 is 0. The molecule has 3 aromatic rings. The first-order valence-corrected chi connectivity index (χ1v) is 12.8. The first-order valence-electron chi connectivity index (χ1n) is 11.6. The van der Waals surface area contributed by atoms with Crippen molar-refractivity contribution in [2.75, 3.05) is 13.2 Å². The van der Waals surface area contributed by atoms with Crippen LogP contribution in [0.2, 0.25) is 0 Å². The van der Waals surface area contributed by atoms with Gasteiger partial charge in [0, 0.05) is 22.7 Å². The molecular formula is C26H34N2O3P+. The van der Waals surface area contributed by atoms with E-state index >= 15 is 0 Å². The zero-order valence-electron chi connectivity index (χ0n) is 18.7. The van der Waals surface area contributed by atoms with E-state index in [4.69, 9.17) is 4.89 Å². The van der Waals surface area contributed by atoms with Gasteiger partial charge >= 0.3 is 8.25 Å². The monoisotopic (exact) mass is 453 g/mol. The van der Waals surface area contributed by atoms with Gasteiger partial charge in [-0.3, -0.25) is 4.98 Å². The van der Waals surface area contributed by atoms with Crippen molar-refractivity contribution >= 4 is 19.2 Å². The first-order chi connectivity index (χ1) is 15.7. The van der Waals surface area contributed by atoms with Crippen molar-refractivity contribution in [3.8, 4) is 0 Å². The Morgan fingerprint density at radius 2 is 1.59 bits per heavy atom.